The molecule has 1 aliphatic heterocycles. The van der Waals surface area contributed by atoms with Crippen molar-refractivity contribution in [3.8, 4) is 0 Å². The lowest BCUT2D eigenvalue weighted by Crippen LogP contribution is -2.44. The first-order valence-corrected chi connectivity index (χ1v) is 9.29. The molecule has 0 radical (unpaired) electrons. The van der Waals surface area contributed by atoms with Crippen molar-refractivity contribution in [2.24, 2.45) is 0 Å². The lowest BCUT2D eigenvalue weighted by molar-refractivity contribution is 0.175. The highest BCUT2D eigenvalue weighted by Crippen LogP contribution is 2.24. The Morgan fingerprint density at radius 2 is 2.44 bits per heavy atom. The van der Waals surface area contributed by atoms with Crippen LogP contribution in [0.4, 0.5) is 9.18 Å². The van der Waals surface area contributed by atoms with Crippen LogP contribution in [0.3, 0.4) is 0 Å². The average Bonchev–Trinajstić information content (AvgIpc) is 3.29. The van der Waals surface area contributed by atoms with E-state index in [1.807, 2.05) is 18.4 Å². The number of urea groups is 1. The number of thiophene rings is 1. The zero-order chi connectivity index (χ0) is 17.8. The molecule has 25 heavy (non-hydrogen) atoms. The molecule has 136 valence electrons. The fourth-order valence-corrected chi connectivity index (χ4v) is 3.90. The number of aryl methyl sites for hydroxylation is 1. The maximum Gasteiger partial charge on any atom is 0.317 e. The Bertz CT molecular complexity index is 689. The molecule has 2 aromatic heterocycles. The van der Waals surface area contributed by atoms with Gasteiger partial charge >= 0.3 is 6.03 Å². The summed E-state index contributed by atoms with van der Waals surface area (Å²) in [4.78, 5) is 17.3. The van der Waals surface area contributed by atoms with Crippen LogP contribution in [0.25, 0.3) is 0 Å². The highest BCUT2D eigenvalue weighted by atomic mass is 32.1. The van der Waals surface area contributed by atoms with Crippen LogP contribution in [0.15, 0.2) is 23.7 Å². The van der Waals surface area contributed by atoms with Crippen LogP contribution in [0.2, 0.25) is 0 Å². The number of H-pyrrole nitrogens is 1. The summed E-state index contributed by atoms with van der Waals surface area (Å²) in [5, 5.41) is 11.7. The van der Waals surface area contributed by atoms with Gasteiger partial charge < -0.3 is 10.2 Å². The summed E-state index contributed by atoms with van der Waals surface area (Å²) in [5.74, 6) is 0. The molecule has 2 atom stereocenters. The van der Waals surface area contributed by atoms with Gasteiger partial charge in [-0.1, -0.05) is 6.07 Å². The Labute approximate surface area is 151 Å². The molecule has 2 amide bonds. The molecular formula is C17H24FN5OS. The first-order chi connectivity index (χ1) is 12.0. The summed E-state index contributed by atoms with van der Waals surface area (Å²) in [6.07, 6.45) is 1.36. The van der Waals surface area contributed by atoms with Crippen molar-refractivity contribution in [3.63, 3.8) is 0 Å². The zero-order valence-electron chi connectivity index (χ0n) is 14.5. The van der Waals surface area contributed by atoms with Crippen molar-refractivity contribution in [3.05, 3.63) is 39.8 Å². The van der Waals surface area contributed by atoms with Crippen LogP contribution in [0.1, 0.15) is 22.6 Å². The fourth-order valence-electron chi connectivity index (χ4n) is 3.17. The maximum atomic E-state index is 13.9. The summed E-state index contributed by atoms with van der Waals surface area (Å²) in [7, 11) is 1.76. The van der Waals surface area contributed by atoms with Crippen molar-refractivity contribution in [2.45, 2.75) is 38.6 Å². The molecule has 1 saturated heterocycles. The minimum Gasteiger partial charge on any atom is -0.334 e. The van der Waals surface area contributed by atoms with Crippen LogP contribution >= 0.6 is 11.3 Å². The van der Waals surface area contributed by atoms with E-state index in [1.54, 1.807) is 29.5 Å². The highest BCUT2D eigenvalue weighted by molar-refractivity contribution is 7.09. The van der Waals surface area contributed by atoms with Crippen LogP contribution in [0, 0.1) is 6.92 Å². The van der Waals surface area contributed by atoms with Gasteiger partial charge in [0.15, 0.2) is 0 Å². The average molecular weight is 365 g/mol. The monoisotopic (exact) mass is 365 g/mol. The summed E-state index contributed by atoms with van der Waals surface area (Å²) in [5.41, 5.74) is 1.91. The predicted octanol–water partition coefficient (Wildman–Crippen LogP) is 2.53. The SMILES string of the molecule is Cc1[nH]ncc1CNC(=O)N(C)C[C@@H]1C[C@H](F)CN1Cc1cccs1. The number of halogens is 1. The summed E-state index contributed by atoms with van der Waals surface area (Å²) in [6, 6.07) is 3.97. The Morgan fingerprint density at radius 3 is 3.12 bits per heavy atom. The lowest BCUT2D eigenvalue weighted by Gasteiger charge is -2.28. The molecule has 0 aromatic carbocycles. The van der Waals surface area contributed by atoms with Crippen molar-refractivity contribution in [1.82, 2.24) is 25.3 Å². The van der Waals surface area contributed by atoms with Gasteiger partial charge in [0.2, 0.25) is 0 Å². The second-order valence-electron chi connectivity index (χ2n) is 6.56. The van der Waals surface area contributed by atoms with E-state index in [1.165, 1.54) is 4.88 Å². The number of hydrogen-bond donors (Lipinski definition) is 2. The number of likely N-dealkylation sites (tertiary alicyclic amines) is 1. The fraction of sp³-hybridized carbons (Fsp3) is 0.529. The number of nitrogens with one attached hydrogen (secondary N) is 2. The van der Waals surface area contributed by atoms with E-state index in [0.717, 1.165) is 17.8 Å². The Balaban J connectivity index is 1.52. The summed E-state index contributed by atoms with van der Waals surface area (Å²) >= 11 is 1.68. The molecule has 0 spiro atoms. The van der Waals surface area contributed by atoms with E-state index in [9.17, 15) is 9.18 Å². The molecule has 0 unspecified atom stereocenters. The molecule has 3 rings (SSSR count). The third-order valence-corrected chi connectivity index (χ3v) is 5.47. The number of aromatic amines is 1. The van der Waals surface area contributed by atoms with E-state index in [4.69, 9.17) is 0 Å². The second-order valence-corrected chi connectivity index (χ2v) is 7.59. The van der Waals surface area contributed by atoms with Gasteiger partial charge in [0.25, 0.3) is 0 Å². The minimum absolute atomic E-state index is 0.0449. The van der Waals surface area contributed by atoms with Gasteiger partial charge in [-0.2, -0.15) is 5.10 Å². The van der Waals surface area contributed by atoms with Crippen LogP contribution in [-0.2, 0) is 13.1 Å². The zero-order valence-corrected chi connectivity index (χ0v) is 15.4. The van der Waals surface area contributed by atoms with Crippen molar-refractivity contribution < 1.29 is 9.18 Å². The minimum atomic E-state index is -0.824. The smallest absolute Gasteiger partial charge is 0.317 e. The topological polar surface area (TPSA) is 64.3 Å². The number of aromatic nitrogens is 2. The molecule has 6 nitrogen and oxygen atoms in total. The largest absolute Gasteiger partial charge is 0.334 e. The standard InChI is InChI=1S/C17H24FN5OS/c1-12-13(8-20-21-12)7-19-17(24)22(2)10-15-6-14(18)9-23(15)11-16-4-3-5-25-16/h3-5,8,14-15H,6-7,9-11H2,1-2H3,(H,19,24)(H,20,21)/t14-,15-/m0/s1. The van der Waals surface area contributed by atoms with E-state index in [-0.39, 0.29) is 12.1 Å². The van der Waals surface area contributed by atoms with Crippen molar-refractivity contribution >= 4 is 17.4 Å². The van der Waals surface area contributed by atoms with E-state index in [0.29, 0.717) is 26.1 Å². The second kappa shape index (κ2) is 7.97. The number of likely N-dealkylation sites (N-methyl/N-ethyl adjacent to an activating group) is 1. The van der Waals surface area contributed by atoms with Gasteiger partial charge in [0, 0.05) is 55.4 Å². The Morgan fingerprint density at radius 1 is 1.60 bits per heavy atom. The summed E-state index contributed by atoms with van der Waals surface area (Å²) < 4.78 is 13.9. The van der Waals surface area contributed by atoms with Crippen LogP contribution in [-0.4, -0.2) is 58.4 Å². The third kappa shape index (κ3) is 4.58. The molecule has 0 saturated carbocycles. The van der Waals surface area contributed by atoms with Gasteiger partial charge in [0.1, 0.15) is 6.17 Å². The number of carbonyl (C=O) groups is 1. The Kier molecular flexibility index (Phi) is 5.70. The molecule has 8 heteroatoms. The van der Waals surface area contributed by atoms with E-state index < -0.39 is 6.17 Å². The molecule has 2 aromatic rings. The van der Waals surface area contributed by atoms with Gasteiger partial charge in [-0.15, -0.1) is 11.3 Å². The maximum absolute atomic E-state index is 13.9. The number of rotatable bonds is 6. The molecule has 0 bridgehead atoms. The van der Waals surface area contributed by atoms with Gasteiger partial charge in [-0.25, -0.2) is 9.18 Å². The van der Waals surface area contributed by atoms with Gasteiger partial charge in [-0.3, -0.25) is 10.00 Å². The molecular weight excluding hydrogens is 341 g/mol. The first kappa shape index (κ1) is 17.9. The van der Waals surface area contributed by atoms with E-state index >= 15 is 0 Å². The first-order valence-electron chi connectivity index (χ1n) is 8.41. The number of amides is 2. The summed E-state index contributed by atoms with van der Waals surface area (Å²) in [6.45, 7) is 4.04. The molecule has 1 fully saturated rings. The normalized spacial score (nSPS) is 20.8. The predicted molar refractivity (Wildman–Crippen MR) is 96.2 cm³/mol. The van der Waals surface area contributed by atoms with Crippen molar-refractivity contribution in [2.75, 3.05) is 20.1 Å². The molecule has 2 N–H and O–H groups in total. The number of alkyl halides is 1. The van der Waals surface area contributed by atoms with Crippen LogP contribution in [0.5, 0.6) is 0 Å². The number of carbonyl (C=O) groups excluding carboxylic acids is 1. The molecule has 3 heterocycles. The number of hydrogen-bond acceptors (Lipinski definition) is 4. The van der Waals surface area contributed by atoms with Crippen molar-refractivity contribution in [1.29, 1.82) is 0 Å². The van der Waals surface area contributed by atoms with Gasteiger partial charge in [-0.05, 0) is 24.8 Å². The van der Waals surface area contributed by atoms with Gasteiger partial charge in [0.05, 0.1) is 6.20 Å². The third-order valence-electron chi connectivity index (χ3n) is 4.61. The van der Waals surface area contributed by atoms with E-state index in [2.05, 4.69) is 26.5 Å². The Hall–Kier alpha value is -1.93. The lowest BCUT2D eigenvalue weighted by atomic mass is 10.2. The van der Waals surface area contributed by atoms with Crippen LogP contribution < -0.4 is 5.32 Å². The molecule has 0 aliphatic carbocycles. The quantitative estimate of drug-likeness (QED) is 0.827. The number of nitrogens with zero attached hydrogens (tertiary/aromatic N) is 3. The molecule has 1 aliphatic rings. The highest BCUT2D eigenvalue weighted by Gasteiger charge is 2.33.